The normalized spacial score (nSPS) is 16.5. The molecule has 0 radical (unpaired) electrons. The van der Waals surface area contributed by atoms with Crippen molar-refractivity contribution in [3.8, 4) is 11.5 Å². The van der Waals surface area contributed by atoms with Crippen molar-refractivity contribution in [1.29, 1.82) is 0 Å². The van der Waals surface area contributed by atoms with Crippen LogP contribution in [0.2, 0.25) is 0 Å². The molecule has 2 aliphatic heterocycles. The van der Waals surface area contributed by atoms with Crippen molar-refractivity contribution in [3.63, 3.8) is 0 Å². The Kier molecular flexibility index (Phi) is 6.60. The Bertz CT molecular complexity index is 1490. The van der Waals surface area contributed by atoms with E-state index in [1.165, 1.54) is 18.9 Å². The summed E-state index contributed by atoms with van der Waals surface area (Å²) < 4.78 is 13.4. The van der Waals surface area contributed by atoms with Gasteiger partial charge in [0.05, 0.1) is 24.7 Å². The Morgan fingerprint density at radius 2 is 1.97 bits per heavy atom. The first-order valence-electron chi connectivity index (χ1n) is 12.7. The van der Waals surface area contributed by atoms with Gasteiger partial charge in [0.25, 0.3) is 11.8 Å². The van der Waals surface area contributed by atoms with Crippen LogP contribution in [0.3, 0.4) is 0 Å². The topological polar surface area (TPSA) is 116 Å². The Morgan fingerprint density at radius 3 is 2.66 bits per heavy atom. The zero-order chi connectivity index (χ0) is 27.1. The van der Waals surface area contributed by atoms with Gasteiger partial charge in [0.2, 0.25) is 5.91 Å². The van der Waals surface area contributed by atoms with Crippen molar-refractivity contribution in [2.75, 3.05) is 25.6 Å². The summed E-state index contributed by atoms with van der Waals surface area (Å²) in [5, 5.41) is 4.53. The molecule has 3 N–H and O–H groups in total. The highest BCUT2D eigenvalue weighted by atomic mass is 16.5. The monoisotopic (exact) mass is 516 g/mol. The summed E-state index contributed by atoms with van der Waals surface area (Å²) in [6.07, 6.45) is 3.13. The van der Waals surface area contributed by atoms with Crippen LogP contribution in [0.25, 0.3) is 10.9 Å². The lowest BCUT2D eigenvalue weighted by atomic mass is 9.84. The van der Waals surface area contributed by atoms with E-state index >= 15 is 0 Å². The predicted molar refractivity (Wildman–Crippen MR) is 144 cm³/mol. The summed E-state index contributed by atoms with van der Waals surface area (Å²) in [6, 6.07) is 11.5. The number of nitrogens with zero attached hydrogens (tertiary/aromatic N) is 2. The zero-order valence-corrected chi connectivity index (χ0v) is 22.0. The molecule has 0 bridgehead atoms. The number of aryl methyl sites for hydroxylation is 1. The van der Waals surface area contributed by atoms with Gasteiger partial charge in [0.1, 0.15) is 0 Å². The highest BCUT2D eigenvalue weighted by Crippen LogP contribution is 2.47. The number of anilines is 1. The number of carbonyl (C=O) groups excluding carboxylic acids is 3. The van der Waals surface area contributed by atoms with E-state index in [0.29, 0.717) is 28.7 Å². The Morgan fingerprint density at radius 1 is 1.18 bits per heavy atom. The second-order valence-corrected chi connectivity index (χ2v) is 10.2. The van der Waals surface area contributed by atoms with Crippen molar-refractivity contribution in [3.05, 3.63) is 65.0 Å². The third kappa shape index (κ3) is 4.38. The highest BCUT2D eigenvalue weighted by molar-refractivity contribution is 6.11. The fourth-order valence-corrected chi connectivity index (χ4v) is 5.34. The van der Waals surface area contributed by atoms with E-state index in [1.54, 1.807) is 12.1 Å². The third-order valence-electron chi connectivity index (χ3n) is 7.16. The van der Waals surface area contributed by atoms with Crippen LogP contribution in [0, 0.1) is 5.92 Å². The van der Waals surface area contributed by atoms with Crippen molar-refractivity contribution < 1.29 is 23.9 Å². The van der Waals surface area contributed by atoms with Crippen LogP contribution in [0.4, 0.5) is 5.69 Å². The van der Waals surface area contributed by atoms with E-state index in [4.69, 9.17) is 15.2 Å². The summed E-state index contributed by atoms with van der Waals surface area (Å²) >= 11 is 0. The molecule has 38 heavy (non-hydrogen) atoms. The summed E-state index contributed by atoms with van der Waals surface area (Å²) in [5.41, 5.74) is 10.2. The largest absolute Gasteiger partial charge is 0.493 e. The van der Waals surface area contributed by atoms with Crippen molar-refractivity contribution in [1.82, 2.24) is 9.47 Å². The first-order chi connectivity index (χ1) is 18.2. The Labute approximate surface area is 221 Å². The molecule has 1 atom stereocenters. The van der Waals surface area contributed by atoms with Crippen molar-refractivity contribution in [2.45, 2.75) is 39.7 Å². The van der Waals surface area contributed by atoms with E-state index in [1.807, 2.05) is 18.2 Å². The van der Waals surface area contributed by atoms with Crippen molar-refractivity contribution >= 4 is 34.3 Å². The van der Waals surface area contributed by atoms with Gasteiger partial charge < -0.3 is 25.1 Å². The summed E-state index contributed by atoms with van der Waals surface area (Å²) in [4.78, 5) is 38.8. The molecule has 3 amide bonds. The molecule has 2 aromatic carbocycles. The number of imide groups is 1. The molecule has 0 saturated carbocycles. The van der Waals surface area contributed by atoms with Gasteiger partial charge in [0, 0.05) is 42.4 Å². The molecule has 9 nitrogen and oxygen atoms in total. The number of nitrogens with two attached hydrogens (primary N) is 1. The maximum absolute atomic E-state index is 13.7. The molecule has 3 aromatic rings. The van der Waals surface area contributed by atoms with Crippen LogP contribution >= 0.6 is 0 Å². The summed E-state index contributed by atoms with van der Waals surface area (Å²) in [6.45, 7) is 6.49. The predicted octanol–water partition coefficient (Wildman–Crippen LogP) is 3.76. The number of hydrogen-bond donors (Lipinski definition) is 2. The minimum Gasteiger partial charge on any atom is -0.493 e. The number of ether oxygens (including phenoxy) is 2. The molecule has 0 aliphatic carbocycles. The smallest absolute Gasteiger partial charge is 0.259 e. The molecule has 198 valence electrons. The Balaban J connectivity index is 1.73. The second kappa shape index (κ2) is 9.89. The summed E-state index contributed by atoms with van der Waals surface area (Å²) in [5.74, 6) is -0.403. The molecule has 0 saturated heterocycles. The van der Waals surface area contributed by atoms with Gasteiger partial charge in [-0.3, -0.25) is 19.3 Å². The van der Waals surface area contributed by atoms with Crippen LogP contribution in [0.1, 0.15) is 44.2 Å². The van der Waals surface area contributed by atoms with E-state index in [2.05, 4.69) is 36.0 Å². The number of hydrogen-bond acceptors (Lipinski definition) is 6. The van der Waals surface area contributed by atoms with Crippen LogP contribution in [0.5, 0.6) is 11.5 Å². The third-order valence-corrected chi connectivity index (χ3v) is 7.16. The maximum Gasteiger partial charge on any atom is 0.259 e. The van der Waals surface area contributed by atoms with Gasteiger partial charge in [0.15, 0.2) is 18.1 Å². The fraction of sp³-hybridized carbons (Fsp3) is 0.345. The molecule has 5 rings (SSSR count). The number of aromatic nitrogens is 1. The standard InChI is InChI=1S/C29H32N4O5/c1-16(2)10-11-32-13-19-26(18-8-9-23(37-4)24(12-18)38-15-25(30)35)28-21(14-33(17(3)34)29(28)36)31-20-6-5-7-22(32)27(19)20/h5-9,12-13,16,26,31H,10-11,14-15H2,1-4H3,(H2,30,35). The average Bonchev–Trinajstić information content (AvgIpc) is 3.36. The molecule has 3 heterocycles. The molecule has 0 fully saturated rings. The van der Waals surface area contributed by atoms with Gasteiger partial charge in [-0.1, -0.05) is 26.0 Å². The van der Waals surface area contributed by atoms with Gasteiger partial charge in [-0.25, -0.2) is 0 Å². The van der Waals surface area contributed by atoms with Gasteiger partial charge in [-0.15, -0.1) is 0 Å². The fourth-order valence-electron chi connectivity index (χ4n) is 5.34. The van der Waals surface area contributed by atoms with Crippen LogP contribution in [-0.2, 0) is 20.9 Å². The van der Waals surface area contributed by atoms with E-state index < -0.39 is 11.8 Å². The van der Waals surface area contributed by atoms with Crippen LogP contribution in [0.15, 0.2) is 53.9 Å². The number of nitrogens with one attached hydrogen (secondary N) is 1. The molecular weight excluding hydrogens is 484 g/mol. The quantitative estimate of drug-likeness (QED) is 0.471. The SMILES string of the molecule is COc1ccc(C2C3=C(CN(C(C)=O)C3=O)Nc3cccc4c3c2cn4CCC(C)C)cc1OCC(N)=O. The van der Waals surface area contributed by atoms with E-state index in [-0.39, 0.29) is 25.0 Å². The Hall–Kier alpha value is -4.27. The first kappa shape index (κ1) is 25.4. The minimum atomic E-state index is -0.609. The molecular formula is C29H32N4O5. The van der Waals surface area contributed by atoms with Crippen LogP contribution in [-0.4, -0.2) is 47.4 Å². The molecule has 0 spiro atoms. The number of rotatable bonds is 8. The number of carbonyl (C=O) groups is 3. The minimum absolute atomic E-state index is 0.176. The number of benzene rings is 2. The average molecular weight is 517 g/mol. The number of amides is 3. The first-order valence-corrected chi connectivity index (χ1v) is 12.7. The van der Waals surface area contributed by atoms with Crippen molar-refractivity contribution in [2.24, 2.45) is 11.7 Å². The maximum atomic E-state index is 13.7. The summed E-state index contributed by atoms with van der Waals surface area (Å²) in [7, 11) is 1.52. The molecule has 2 aliphatic rings. The van der Waals surface area contributed by atoms with Gasteiger partial charge in [-0.05, 0) is 47.7 Å². The zero-order valence-electron chi connectivity index (χ0n) is 22.0. The van der Waals surface area contributed by atoms with E-state index in [0.717, 1.165) is 40.7 Å². The number of methoxy groups -OCH3 is 1. The van der Waals surface area contributed by atoms with Gasteiger partial charge >= 0.3 is 0 Å². The van der Waals surface area contributed by atoms with Gasteiger partial charge in [-0.2, -0.15) is 0 Å². The van der Waals surface area contributed by atoms with E-state index in [9.17, 15) is 14.4 Å². The molecule has 1 unspecified atom stereocenters. The van der Waals surface area contributed by atoms with Crippen LogP contribution < -0.4 is 20.5 Å². The lowest BCUT2D eigenvalue weighted by Crippen LogP contribution is -2.33. The number of primary amides is 1. The highest BCUT2D eigenvalue weighted by Gasteiger charge is 2.41. The second-order valence-electron chi connectivity index (χ2n) is 10.2. The molecule has 9 heteroatoms. The molecule has 1 aromatic heterocycles. The lowest BCUT2D eigenvalue weighted by Gasteiger charge is -2.21. The lowest BCUT2D eigenvalue weighted by molar-refractivity contribution is -0.139.